The lowest BCUT2D eigenvalue weighted by atomic mass is 9.92. The average Bonchev–Trinajstić information content (AvgIpc) is 2.26. The van der Waals surface area contributed by atoms with Crippen LogP contribution in [0.15, 0.2) is 24.3 Å². The normalized spacial score (nSPS) is 13.4. The molecule has 1 rings (SSSR count). The van der Waals surface area contributed by atoms with Gasteiger partial charge in [-0.3, -0.25) is 4.79 Å². The second-order valence-electron chi connectivity index (χ2n) is 4.91. The van der Waals surface area contributed by atoms with E-state index in [9.17, 15) is 9.90 Å². The molecular weight excluding hydrogens is 216 g/mol. The van der Waals surface area contributed by atoms with Gasteiger partial charge in [0, 0.05) is 18.2 Å². The SMILES string of the molecule is CC(NCC(C)(C)C(N)=O)c1ccccc1O. The van der Waals surface area contributed by atoms with Gasteiger partial charge >= 0.3 is 0 Å². The summed E-state index contributed by atoms with van der Waals surface area (Å²) in [4.78, 5) is 11.2. The van der Waals surface area contributed by atoms with Gasteiger partial charge in [-0.05, 0) is 26.8 Å². The molecule has 4 heteroatoms. The lowest BCUT2D eigenvalue weighted by Gasteiger charge is -2.24. The minimum Gasteiger partial charge on any atom is -0.508 e. The van der Waals surface area contributed by atoms with Crippen LogP contribution >= 0.6 is 0 Å². The maximum atomic E-state index is 11.2. The zero-order valence-corrected chi connectivity index (χ0v) is 10.5. The molecule has 0 bridgehead atoms. The van der Waals surface area contributed by atoms with Gasteiger partial charge in [0.1, 0.15) is 5.75 Å². The molecule has 1 amide bonds. The largest absolute Gasteiger partial charge is 0.508 e. The van der Waals surface area contributed by atoms with Crippen LogP contribution in [0.25, 0.3) is 0 Å². The lowest BCUT2D eigenvalue weighted by molar-refractivity contribution is -0.125. The van der Waals surface area contributed by atoms with Crippen LogP contribution < -0.4 is 11.1 Å². The number of hydrogen-bond acceptors (Lipinski definition) is 3. The van der Waals surface area contributed by atoms with Gasteiger partial charge in [0.15, 0.2) is 0 Å². The molecule has 1 aromatic carbocycles. The van der Waals surface area contributed by atoms with E-state index in [1.54, 1.807) is 26.0 Å². The summed E-state index contributed by atoms with van der Waals surface area (Å²) in [5.74, 6) is -0.0844. The fraction of sp³-hybridized carbons (Fsp3) is 0.462. The smallest absolute Gasteiger partial charge is 0.224 e. The van der Waals surface area contributed by atoms with E-state index in [-0.39, 0.29) is 17.7 Å². The van der Waals surface area contributed by atoms with Gasteiger partial charge in [0.25, 0.3) is 0 Å². The molecule has 0 heterocycles. The zero-order valence-electron chi connectivity index (χ0n) is 10.5. The second-order valence-corrected chi connectivity index (χ2v) is 4.91. The Hall–Kier alpha value is -1.55. The number of nitrogens with two attached hydrogens (primary N) is 1. The third kappa shape index (κ3) is 3.46. The summed E-state index contributed by atoms with van der Waals surface area (Å²) in [5, 5.41) is 12.9. The van der Waals surface area contributed by atoms with E-state index in [0.29, 0.717) is 6.54 Å². The summed E-state index contributed by atoms with van der Waals surface area (Å²) in [6.45, 7) is 5.99. The Bertz CT molecular complexity index is 402. The molecule has 94 valence electrons. The summed E-state index contributed by atoms with van der Waals surface area (Å²) in [7, 11) is 0. The number of para-hydroxylation sites is 1. The number of carbonyl (C=O) groups is 1. The molecule has 4 N–H and O–H groups in total. The highest BCUT2D eigenvalue weighted by Gasteiger charge is 2.25. The Kier molecular flexibility index (Phi) is 4.12. The number of aromatic hydroxyl groups is 1. The monoisotopic (exact) mass is 236 g/mol. The number of carbonyl (C=O) groups excluding carboxylic acids is 1. The van der Waals surface area contributed by atoms with Crippen LogP contribution in [0.2, 0.25) is 0 Å². The summed E-state index contributed by atoms with van der Waals surface area (Å²) >= 11 is 0. The number of phenolic OH excluding ortho intramolecular Hbond substituents is 1. The molecule has 0 saturated heterocycles. The Labute approximate surface area is 102 Å². The van der Waals surface area contributed by atoms with E-state index in [1.165, 1.54) is 0 Å². The van der Waals surface area contributed by atoms with Crippen molar-refractivity contribution in [3.05, 3.63) is 29.8 Å². The van der Waals surface area contributed by atoms with Crippen LogP contribution in [0.5, 0.6) is 5.75 Å². The van der Waals surface area contributed by atoms with Crippen molar-refractivity contribution in [1.29, 1.82) is 0 Å². The highest BCUT2D eigenvalue weighted by Crippen LogP contribution is 2.24. The van der Waals surface area contributed by atoms with Crippen LogP contribution in [0.3, 0.4) is 0 Å². The first kappa shape index (κ1) is 13.5. The van der Waals surface area contributed by atoms with E-state index in [0.717, 1.165) is 5.56 Å². The molecule has 17 heavy (non-hydrogen) atoms. The van der Waals surface area contributed by atoms with Gasteiger partial charge in [-0.15, -0.1) is 0 Å². The minimum absolute atomic E-state index is 0.0326. The lowest BCUT2D eigenvalue weighted by Crippen LogP contribution is -2.41. The Balaban J connectivity index is 2.65. The van der Waals surface area contributed by atoms with Crippen LogP contribution in [-0.4, -0.2) is 17.6 Å². The second kappa shape index (κ2) is 5.19. The third-order valence-corrected chi connectivity index (χ3v) is 2.92. The van der Waals surface area contributed by atoms with Gasteiger partial charge in [-0.25, -0.2) is 0 Å². The number of hydrogen-bond donors (Lipinski definition) is 3. The molecule has 1 unspecified atom stereocenters. The third-order valence-electron chi connectivity index (χ3n) is 2.92. The first-order valence-electron chi connectivity index (χ1n) is 5.66. The number of amides is 1. The molecule has 0 aromatic heterocycles. The quantitative estimate of drug-likeness (QED) is 0.726. The van der Waals surface area contributed by atoms with Gasteiger partial charge in [-0.2, -0.15) is 0 Å². The number of primary amides is 1. The number of rotatable bonds is 5. The molecule has 1 aromatic rings. The van der Waals surface area contributed by atoms with Crippen molar-refractivity contribution in [3.63, 3.8) is 0 Å². The fourth-order valence-corrected chi connectivity index (χ4v) is 1.46. The topological polar surface area (TPSA) is 75.3 Å². The van der Waals surface area contributed by atoms with Crippen molar-refractivity contribution in [3.8, 4) is 5.75 Å². The molecule has 4 nitrogen and oxygen atoms in total. The molecule has 0 saturated carbocycles. The fourth-order valence-electron chi connectivity index (χ4n) is 1.46. The minimum atomic E-state index is -0.599. The maximum Gasteiger partial charge on any atom is 0.224 e. The van der Waals surface area contributed by atoms with Crippen LogP contribution in [0, 0.1) is 5.41 Å². The number of phenols is 1. The van der Waals surface area contributed by atoms with Crippen molar-refractivity contribution in [2.75, 3.05) is 6.54 Å². The molecule has 0 radical (unpaired) electrons. The molecule has 1 atom stereocenters. The van der Waals surface area contributed by atoms with Crippen molar-refractivity contribution < 1.29 is 9.90 Å². The van der Waals surface area contributed by atoms with Crippen molar-refractivity contribution >= 4 is 5.91 Å². The van der Waals surface area contributed by atoms with Crippen molar-refractivity contribution in [2.24, 2.45) is 11.1 Å². The average molecular weight is 236 g/mol. The van der Waals surface area contributed by atoms with E-state index in [1.807, 2.05) is 19.1 Å². The predicted molar refractivity (Wildman–Crippen MR) is 67.5 cm³/mol. The van der Waals surface area contributed by atoms with E-state index < -0.39 is 5.41 Å². The van der Waals surface area contributed by atoms with E-state index in [4.69, 9.17) is 5.73 Å². The van der Waals surface area contributed by atoms with Crippen LogP contribution in [0.1, 0.15) is 32.4 Å². The molecule has 0 aliphatic rings. The first-order chi connectivity index (χ1) is 7.84. The van der Waals surface area contributed by atoms with Crippen molar-refractivity contribution in [2.45, 2.75) is 26.8 Å². The highest BCUT2D eigenvalue weighted by molar-refractivity contribution is 5.80. The van der Waals surface area contributed by atoms with Gasteiger partial charge in [0.05, 0.1) is 5.41 Å². The molecule has 0 spiro atoms. The van der Waals surface area contributed by atoms with Gasteiger partial charge in [0.2, 0.25) is 5.91 Å². The Morgan fingerprint density at radius 2 is 2.06 bits per heavy atom. The van der Waals surface area contributed by atoms with Gasteiger partial charge < -0.3 is 16.2 Å². The number of benzene rings is 1. The molecule has 0 aliphatic heterocycles. The van der Waals surface area contributed by atoms with Crippen LogP contribution in [0.4, 0.5) is 0 Å². The first-order valence-corrected chi connectivity index (χ1v) is 5.66. The summed E-state index contributed by atoms with van der Waals surface area (Å²) in [6, 6.07) is 7.11. The predicted octanol–water partition coefficient (Wildman–Crippen LogP) is 1.55. The summed E-state index contributed by atoms with van der Waals surface area (Å²) in [5.41, 5.74) is 5.51. The Morgan fingerprint density at radius 3 is 2.59 bits per heavy atom. The van der Waals surface area contributed by atoms with Crippen LogP contribution in [-0.2, 0) is 4.79 Å². The summed E-state index contributed by atoms with van der Waals surface area (Å²) < 4.78 is 0. The number of nitrogens with one attached hydrogen (secondary N) is 1. The zero-order chi connectivity index (χ0) is 13.1. The molecule has 0 fully saturated rings. The molecular formula is C13H20N2O2. The summed E-state index contributed by atoms with van der Waals surface area (Å²) in [6.07, 6.45) is 0. The maximum absolute atomic E-state index is 11.2. The van der Waals surface area contributed by atoms with E-state index in [2.05, 4.69) is 5.32 Å². The Morgan fingerprint density at radius 1 is 1.47 bits per heavy atom. The highest BCUT2D eigenvalue weighted by atomic mass is 16.3. The standard InChI is InChI=1S/C13H20N2O2/c1-9(10-6-4-5-7-11(10)16)15-8-13(2,3)12(14)17/h4-7,9,15-16H,8H2,1-3H3,(H2,14,17). The van der Waals surface area contributed by atoms with Crippen molar-refractivity contribution in [1.82, 2.24) is 5.32 Å². The molecule has 0 aliphatic carbocycles. The van der Waals surface area contributed by atoms with E-state index >= 15 is 0 Å². The van der Waals surface area contributed by atoms with Gasteiger partial charge in [-0.1, -0.05) is 18.2 Å².